The van der Waals surface area contributed by atoms with E-state index in [1.165, 1.54) is 0 Å². The van der Waals surface area contributed by atoms with Crippen molar-refractivity contribution in [2.75, 3.05) is 13.1 Å². The number of amides is 2. The second-order valence-electron chi connectivity index (χ2n) is 4.71. The lowest BCUT2D eigenvalue weighted by atomic mass is 10.2. The predicted octanol–water partition coefficient (Wildman–Crippen LogP) is 1.53. The number of amidine groups is 1. The third kappa shape index (κ3) is 6.60. The monoisotopic (exact) mass is 293 g/mol. The van der Waals surface area contributed by atoms with Crippen molar-refractivity contribution in [3.05, 3.63) is 30.1 Å². The molecule has 0 aliphatic heterocycles. The molecule has 1 aromatic rings. The van der Waals surface area contributed by atoms with Gasteiger partial charge in [-0.25, -0.2) is 4.79 Å². The summed E-state index contributed by atoms with van der Waals surface area (Å²) in [5.41, 5.74) is 6.40. The molecular formula is C14H23N5O2. The maximum Gasteiger partial charge on any atom is 0.317 e. The van der Waals surface area contributed by atoms with Gasteiger partial charge in [0.1, 0.15) is 5.84 Å². The average molecular weight is 293 g/mol. The van der Waals surface area contributed by atoms with Crippen molar-refractivity contribution >= 4 is 11.9 Å². The van der Waals surface area contributed by atoms with Crippen LogP contribution in [-0.4, -0.2) is 40.0 Å². The highest BCUT2D eigenvalue weighted by atomic mass is 16.4. The smallest absolute Gasteiger partial charge is 0.317 e. The Labute approximate surface area is 124 Å². The fraction of sp³-hybridized carbons (Fsp3) is 0.500. The Hall–Kier alpha value is -2.31. The molecule has 0 bridgehead atoms. The number of nitrogens with zero attached hydrogens (tertiary/aromatic N) is 3. The fourth-order valence-electron chi connectivity index (χ4n) is 1.75. The number of pyridine rings is 1. The van der Waals surface area contributed by atoms with E-state index in [2.05, 4.69) is 22.4 Å². The molecule has 7 heteroatoms. The summed E-state index contributed by atoms with van der Waals surface area (Å²) >= 11 is 0. The first-order valence-electron chi connectivity index (χ1n) is 7.05. The summed E-state index contributed by atoms with van der Waals surface area (Å²) in [4.78, 5) is 17.8. The van der Waals surface area contributed by atoms with Crippen LogP contribution in [0.4, 0.5) is 4.79 Å². The standard InChI is InChI=1S/C14H23N5O2/c1-2-3-8-17-14(20)19(9-6-13(15)18-21)11-12-5-4-7-16-10-12/h4-5,7,10,21H,2-3,6,8-9,11H2,1H3,(H2,15,18)(H,17,20). The van der Waals surface area contributed by atoms with Gasteiger partial charge in [0.25, 0.3) is 0 Å². The Balaban J connectivity index is 2.62. The number of nitrogens with one attached hydrogen (secondary N) is 1. The van der Waals surface area contributed by atoms with Crippen LogP contribution < -0.4 is 11.1 Å². The minimum atomic E-state index is -0.155. The predicted molar refractivity (Wildman–Crippen MR) is 81.0 cm³/mol. The van der Waals surface area contributed by atoms with Gasteiger partial charge < -0.3 is 21.2 Å². The first-order valence-corrected chi connectivity index (χ1v) is 7.05. The number of unbranched alkanes of at least 4 members (excludes halogenated alkanes) is 1. The zero-order valence-corrected chi connectivity index (χ0v) is 12.3. The van der Waals surface area contributed by atoms with E-state index in [1.54, 1.807) is 17.3 Å². The molecule has 2 amide bonds. The summed E-state index contributed by atoms with van der Waals surface area (Å²) in [6.07, 6.45) is 5.68. The van der Waals surface area contributed by atoms with Crippen molar-refractivity contribution < 1.29 is 10.0 Å². The molecule has 0 saturated carbocycles. The molecule has 1 rings (SSSR count). The minimum Gasteiger partial charge on any atom is -0.409 e. The van der Waals surface area contributed by atoms with Gasteiger partial charge >= 0.3 is 6.03 Å². The summed E-state index contributed by atoms with van der Waals surface area (Å²) in [6, 6.07) is 3.58. The van der Waals surface area contributed by atoms with Crippen LogP contribution in [0.5, 0.6) is 0 Å². The van der Waals surface area contributed by atoms with Gasteiger partial charge in [0.05, 0.1) is 0 Å². The summed E-state index contributed by atoms with van der Waals surface area (Å²) < 4.78 is 0. The molecule has 1 heterocycles. The van der Waals surface area contributed by atoms with Crippen molar-refractivity contribution in [3.63, 3.8) is 0 Å². The van der Waals surface area contributed by atoms with Crippen molar-refractivity contribution in [1.29, 1.82) is 0 Å². The molecule has 116 valence electrons. The van der Waals surface area contributed by atoms with Crippen LogP contribution in [0, 0.1) is 0 Å². The molecule has 0 spiro atoms. The number of nitrogens with two attached hydrogens (primary N) is 1. The van der Waals surface area contributed by atoms with Gasteiger partial charge in [0.2, 0.25) is 0 Å². The van der Waals surface area contributed by atoms with Crippen LogP contribution in [-0.2, 0) is 6.54 Å². The molecule has 0 unspecified atom stereocenters. The molecule has 0 saturated heterocycles. The van der Waals surface area contributed by atoms with Crippen LogP contribution in [0.25, 0.3) is 0 Å². The van der Waals surface area contributed by atoms with E-state index in [4.69, 9.17) is 10.9 Å². The van der Waals surface area contributed by atoms with E-state index in [-0.39, 0.29) is 11.9 Å². The van der Waals surface area contributed by atoms with E-state index in [1.807, 2.05) is 12.1 Å². The minimum absolute atomic E-state index is 0.104. The van der Waals surface area contributed by atoms with Crippen molar-refractivity contribution in [1.82, 2.24) is 15.2 Å². The maximum atomic E-state index is 12.2. The molecule has 7 nitrogen and oxygen atoms in total. The highest BCUT2D eigenvalue weighted by Gasteiger charge is 2.14. The Kier molecular flexibility index (Phi) is 7.63. The number of hydrogen-bond acceptors (Lipinski definition) is 4. The molecule has 21 heavy (non-hydrogen) atoms. The summed E-state index contributed by atoms with van der Waals surface area (Å²) in [7, 11) is 0. The summed E-state index contributed by atoms with van der Waals surface area (Å²) in [5, 5.41) is 14.4. The van der Waals surface area contributed by atoms with Gasteiger partial charge in [-0.2, -0.15) is 0 Å². The van der Waals surface area contributed by atoms with Crippen LogP contribution >= 0.6 is 0 Å². The summed E-state index contributed by atoms with van der Waals surface area (Å²) in [5.74, 6) is 0.104. The molecule has 0 aromatic carbocycles. The Morgan fingerprint density at radius 1 is 1.57 bits per heavy atom. The SMILES string of the molecule is CCCCNC(=O)N(CC/C(N)=N/O)Cc1cccnc1. The lowest BCUT2D eigenvalue weighted by Crippen LogP contribution is -2.41. The maximum absolute atomic E-state index is 12.2. The van der Waals surface area contributed by atoms with Crippen molar-refractivity contribution in [2.45, 2.75) is 32.7 Å². The van der Waals surface area contributed by atoms with Gasteiger partial charge in [0, 0.05) is 38.4 Å². The number of hydrogen-bond donors (Lipinski definition) is 3. The lowest BCUT2D eigenvalue weighted by molar-refractivity contribution is 0.196. The topological polar surface area (TPSA) is 104 Å². The zero-order valence-electron chi connectivity index (χ0n) is 12.3. The molecule has 0 aliphatic carbocycles. The number of carbonyl (C=O) groups excluding carboxylic acids is 1. The number of carbonyl (C=O) groups is 1. The van der Waals surface area contributed by atoms with Crippen LogP contribution in [0.2, 0.25) is 0 Å². The Morgan fingerprint density at radius 3 is 3.00 bits per heavy atom. The molecule has 0 aliphatic rings. The average Bonchev–Trinajstić information content (AvgIpc) is 2.52. The highest BCUT2D eigenvalue weighted by Crippen LogP contribution is 2.04. The lowest BCUT2D eigenvalue weighted by Gasteiger charge is -2.23. The van der Waals surface area contributed by atoms with Gasteiger partial charge in [-0.1, -0.05) is 24.6 Å². The molecule has 0 radical (unpaired) electrons. The molecular weight excluding hydrogens is 270 g/mol. The van der Waals surface area contributed by atoms with E-state index in [9.17, 15) is 4.79 Å². The van der Waals surface area contributed by atoms with Gasteiger partial charge in [-0.15, -0.1) is 0 Å². The summed E-state index contributed by atoms with van der Waals surface area (Å²) in [6.45, 7) is 3.52. The van der Waals surface area contributed by atoms with Crippen LogP contribution in [0.1, 0.15) is 31.7 Å². The van der Waals surface area contributed by atoms with Crippen LogP contribution in [0.15, 0.2) is 29.7 Å². The largest absolute Gasteiger partial charge is 0.409 e. The first kappa shape index (κ1) is 16.7. The van der Waals surface area contributed by atoms with Crippen molar-refractivity contribution in [3.8, 4) is 0 Å². The second kappa shape index (κ2) is 9.57. The van der Waals surface area contributed by atoms with Gasteiger partial charge in [-0.3, -0.25) is 4.98 Å². The van der Waals surface area contributed by atoms with Gasteiger partial charge in [-0.05, 0) is 18.1 Å². The Morgan fingerprint density at radius 2 is 2.38 bits per heavy atom. The number of aromatic nitrogens is 1. The third-order valence-corrected chi connectivity index (χ3v) is 2.96. The zero-order chi connectivity index (χ0) is 15.5. The highest BCUT2D eigenvalue weighted by molar-refractivity contribution is 5.81. The fourth-order valence-corrected chi connectivity index (χ4v) is 1.75. The second-order valence-corrected chi connectivity index (χ2v) is 4.71. The molecule has 4 N–H and O–H groups in total. The molecule has 1 aromatic heterocycles. The quantitative estimate of drug-likeness (QED) is 0.222. The van der Waals surface area contributed by atoms with E-state index < -0.39 is 0 Å². The number of urea groups is 1. The van der Waals surface area contributed by atoms with Crippen LogP contribution in [0.3, 0.4) is 0 Å². The van der Waals surface area contributed by atoms with Crippen molar-refractivity contribution in [2.24, 2.45) is 10.9 Å². The molecule has 0 fully saturated rings. The van der Waals surface area contributed by atoms with E-state index in [0.717, 1.165) is 18.4 Å². The van der Waals surface area contributed by atoms with E-state index in [0.29, 0.717) is 26.1 Å². The third-order valence-electron chi connectivity index (χ3n) is 2.96. The number of oxime groups is 1. The van der Waals surface area contributed by atoms with E-state index >= 15 is 0 Å². The molecule has 0 atom stereocenters. The Bertz CT molecular complexity index is 450. The first-order chi connectivity index (χ1) is 10.2. The van der Waals surface area contributed by atoms with Gasteiger partial charge in [0.15, 0.2) is 0 Å². The number of rotatable bonds is 8. The normalized spacial score (nSPS) is 11.2.